The maximum atomic E-state index is 11.3. The number of rotatable bonds is 4. The van der Waals surface area contributed by atoms with E-state index in [0.717, 1.165) is 24.3 Å². The smallest absolute Gasteiger partial charge is 0.229 e. The van der Waals surface area contributed by atoms with Gasteiger partial charge in [0.25, 0.3) is 0 Å². The first-order valence-electron chi connectivity index (χ1n) is 4.65. The van der Waals surface area contributed by atoms with E-state index in [1.54, 1.807) is 0 Å². The van der Waals surface area contributed by atoms with Crippen LogP contribution in [-0.2, 0) is 9.59 Å². The number of thioether (sulfide) groups is 1. The number of hydrogen-bond donors (Lipinski definition) is 1. The van der Waals surface area contributed by atoms with Crippen LogP contribution < -0.4 is 5.32 Å². The Labute approximate surface area is 82.6 Å². The average Bonchev–Trinajstić information content (AvgIpc) is 2.09. The van der Waals surface area contributed by atoms with Gasteiger partial charge in [0.05, 0.1) is 0 Å². The molecule has 74 valence electrons. The third-order valence-corrected chi connectivity index (χ3v) is 3.10. The minimum Gasteiger partial charge on any atom is -0.296 e. The van der Waals surface area contributed by atoms with E-state index in [9.17, 15) is 9.59 Å². The number of nitrogens with one attached hydrogen (secondary N) is 1. The van der Waals surface area contributed by atoms with Gasteiger partial charge in [-0.3, -0.25) is 14.9 Å². The summed E-state index contributed by atoms with van der Waals surface area (Å²) in [6.45, 7) is 2.11. The van der Waals surface area contributed by atoms with Gasteiger partial charge in [0, 0.05) is 12.3 Å². The van der Waals surface area contributed by atoms with Gasteiger partial charge in [-0.25, -0.2) is 0 Å². The van der Waals surface area contributed by atoms with E-state index in [2.05, 4.69) is 12.2 Å². The normalized spacial score (nSPS) is 23.0. The van der Waals surface area contributed by atoms with E-state index < -0.39 is 0 Å². The Hall–Kier alpha value is -0.510. The first-order valence-corrected chi connectivity index (χ1v) is 5.81. The number of carbonyl (C=O) groups excluding carboxylic acids is 2. The molecule has 1 saturated heterocycles. The summed E-state index contributed by atoms with van der Waals surface area (Å²) >= 11 is 1.84. The second-order valence-electron chi connectivity index (χ2n) is 3.13. The van der Waals surface area contributed by atoms with Crippen LogP contribution in [0.2, 0.25) is 0 Å². The summed E-state index contributed by atoms with van der Waals surface area (Å²) < 4.78 is 0. The molecule has 2 amide bonds. The van der Waals surface area contributed by atoms with E-state index in [0.29, 0.717) is 6.42 Å². The summed E-state index contributed by atoms with van der Waals surface area (Å²) in [6.07, 6.45) is 2.14. The Morgan fingerprint density at radius 1 is 1.54 bits per heavy atom. The molecule has 1 unspecified atom stereocenters. The quantitative estimate of drug-likeness (QED) is 0.549. The number of hydrogen-bond acceptors (Lipinski definition) is 3. The number of amides is 2. The van der Waals surface area contributed by atoms with Crippen molar-refractivity contribution >= 4 is 23.6 Å². The number of imide groups is 1. The highest BCUT2D eigenvalue weighted by atomic mass is 32.2. The van der Waals surface area contributed by atoms with Crippen molar-refractivity contribution < 1.29 is 9.59 Å². The van der Waals surface area contributed by atoms with Crippen LogP contribution in [0.3, 0.4) is 0 Å². The molecule has 0 saturated carbocycles. The SMILES string of the molecule is CCSCCC1CCC(=O)NC1=O. The monoisotopic (exact) mass is 201 g/mol. The van der Waals surface area contributed by atoms with E-state index in [1.807, 2.05) is 11.8 Å². The van der Waals surface area contributed by atoms with Crippen LogP contribution >= 0.6 is 11.8 Å². The highest BCUT2D eigenvalue weighted by molar-refractivity contribution is 7.99. The largest absolute Gasteiger partial charge is 0.296 e. The standard InChI is InChI=1S/C9H15NO2S/c1-2-13-6-5-7-3-4-8(11)10-9(7)12/h7H,2-6H2,1H3,(H,10,11,12). The summed E-state index contributed by atoms with van der Waals surface area (Å²) in [5.74, 6) is 1.98. The van der Waals surface area contributed by atoms with Gasteiger partial charge in [-0.15, -0.1) is 0 Å². The lowest BCUT2D eigenvalue weighted by molar-refractivity contribution is -0.136. The zero-order valence-corrected chi connectivity index (χ0v) is 8.65. The lowest BCUT2D eigenvalue weighted by atomic mass is 9.96. The van der Waals surface area contributed by atoms with Crippen molar-refractivity contribution in [3.05, 3.63) is 0 Å². The molecule has 3 nitrogen and oxygen atoms in total. The Morgan fingerprint density at radius 3 is 2.92 bits per heavy atom. The van der Waals surface area contributed by atoms with Gasteiger partial charge in [-0.05, 0) is 24.3 Å². The second-order valence-corrected chi connectivity index (χ2v) is 4.53. The van der Waals surface area contributed by atoms with Gasteiger partial charge in [0.1, 0.15) is 0 Å². The van der Waals surface area contributed by atoms with Gasteiger partial charge in [0.2, 0.25) is 11.8 Å². The summed E-state index contributed by atoms with van der Waals surface area (Å²) in [6, 6.07) is 0. The van der Waals surface area contributed by atoms with Crippen LogP contribution in [0.5, 0.6) is 0 Å². The predicted octanol–water partition coefficient (Wildman–Crippen LogP) is 1.18. The van der Waals surface area contributed by atoms with Crippen LogP contribution in [0.4, 0.5) is 0 Å². The molecule has 0 aromatic rings. The molecular weight excluding hydrogens is 186 g/mol. The van der Waals surface area contributed by atoms with Gasteiger partial charge in [-0.2, -0.15) is 11.8 Å². The van der Waals surface area contributed by atoms with Gasteiger partial charge >= 0.3 is 0 Å². The van der Waals surface area contributed by atoms with E-state index in [4.69, 9.17) is 0 Å². The molecule has 1 rings (SSSR count). The fourth-order valence-electron chi connectivity index (χ4n) is 1.38. The number of carbonyl (C=O) groups is 2. The molecule has 1 atom stereocenters. The molecule has 1 N–H and O–H groups in total. The topological polar surface area (TPSA) is 46.2 Å². The molecular formula is C9H15NO2S. The molecule has 1 fully saturated rings. The molecule has 1 aliphatic heterocycles. The van der Waals surface area contributed by atoms with Gasteiger partial charge in [0.15, 0.2) is 0 Å². The highest BCUT2D eigenvalue weighted by Gasteiger charge is 2.25. The molecule has 1 aliphatic rings. The molecule has 0 radical (unpaired) electrons. The van der Waals surface area contributed by atoms with Crippen LogP contribution in [0.25, 0.3) is 0 Å². The Balaban J connectivity index is 2.26. The van der Waals surface area contributed by atoms with Crippen molar-refractivity contribution in [3.63, 3.8) is 0 Å². The zero-order chi connectivity index (χ0) is 9.68. The third kappa shape index (κ3) is 3.38. The maximum Gasteiger partial charge on any atom is 0.229 e. The maximum absolute atomic E-state index is 11.3. The molecule has 0 aliphatic carbocycles. The first kappa shape index (κ1) is 10.6. The minimum atomic E-state index is -0.121. The van der Waals surface area contributed by atoms with E-state index in [-0.39, 0.29) is 17.7 Å². The molecule has 0 bridgehead atoms. The Morgan fingerprint density at radius 2 is 2.31 bits per heavy atom. The molecule has 0 spiro atoms. The summed E-state index contributed by atoms with van der Waals surface area (Å²) in [7, 11) is 0. The van der Waals surface area contributed by atoms with Crippen molar-refractivity contribution in [2.45, 2.75) is 26.2 Å². The van der Waals surface area contributed by atoms with Crippen molar-refractivity contribution in [1.82, 2.24) is 5.32 Å². The number of piperidine rings is 1. The molecule has 0 aromatic carbocycles. The Bertz CT molecular complexity index is 206. The average molecular weight is 201 g/mol. The predicted molar refractivity (Wildman–Crippen MR) is 53.5 cm³/mol. The second kappa shape index (κ2) is 5.27. The zero-order valence-electron chi connectivity index (χ0n) is 7.84. The summed E-state index contributed by atoms with van der Waals surface area (Å²) in [4.78, 5) is 22.1. The third-order valence-electron chi connectivity index (χ3n) is 2.17. The van der Waals surface area contributed by atoms with Crippen LogP contribution in [0.15, 0.2) is 0 Å². The lowest BCUT2D eigenvalue weighted by Gasteiger charge is -2.20. The molecule has 4 heteroatoms. The molecule has 13 heavy (non-hydrogen) atoms. The van der Waals surface area contributed by atoms with Gasteiger partial charge < -0.3 is 0 Å². The summed E-state index contributed by atoms with van der Waals surface area (Å²) in [5.41, 5.74) is 0. The lowest BCUT2D eigenvalue weighted by Crippen LogP contribution is -2.40. The minimum absolute atomic E-state index is 0.0664. The van der Waals surface area contributed by atoms with Crippen LogP contribution in [0.1, 0.15) is 26.2 Å². The van der Waals surface area contributed by atoms with Crippen molar-refractivity contribution in [3.8, 4) is 0 Å². The fraction of sp³-hybridized carbons (Fsp3) is 0.778. The Kier molecular flexibility index (Phi) is 4.28. The van der Waals surface area contributed by atoms with Crippen molar-refractivity contribution in [2.24, 2.45) is 5.92 Å². The van der Waals surface area contributed by atoms with Gasteiger partial charge in [-0.1, -0.05) is 6.92 Å². The molecule has 1 heterocycles. The highest BCUT2D eigenvalue weighted by Crippen LogP contribution is 2.18. The van der Waals surface area contributed by atoms with E-state index >= 15 is 0 Å². The van der Waals surface area contributed by atoms with Crippen molar-refractivity contribution in [1.29, 1.82) is 0 Å². The van der Waals surface area contributed by atoms with Crippen LogP contribution in [-0.4, -0.2) is 23.3 Å². The summed E-state index contributed by atoms with van der Waals surface area (Å²) in [5, 5.41) is 2.37. The first-order chi connectivity index (χ1) is 6.24. The fourth-order valence-corrected chi connectivity index (χ4v) is 2.12. The van der Waals surface area contributed by atoms with E-state index in [1.165, 1.54) is 0 Å². The molecule has 0 aromatic heterocycles. The van der Waals surface area contributed by atoms with Crippen LogP contribution in [0, 0.1) is 5.92 Å². The van der Waals surface area contributed by atoms with Crippen molar-refractivity contribution in [2.75, 3.05) is 11.5 Å².